The molecular formula is C33H42N2O3. The van der Waals surface area contributed by atoms with Crippen molar-refractivity contribution in [2.45, 2.75) is 54.5 Å². The van der Waals surface area contributed by atoms with E-state index in [-0.39, 0.29) is 0 Å². The van der Waals surface area contributed by atoms with Crippen LogP contribution in [0, 0.1) is 5.92 Å². The van der Waals surface area contributed by atoms with Gasteiger partial charge < -0.3 is 18.9 Å². The highest BCUT2D eigenvalue weighted by Crippen LogP contribution is 2.32. The summed E-state index contributed by atoms with van der Waals surface area (Å²) < 4.78 is 16.9. The SMILES string of the molecule is CC.CC(C)C.CCCOc1ccc(-c2cc3c(NCc4ccco4)ccnc3o2)cc1.c1ccccc1. The molecule has 0 aliphatic heterocycles. The number of hydrogen-bond acceptors (Lipinski definition) is 5. The third-order valence-corrected chi connectivity index (χ3v) is 4.75. The van der Waals surface area contributed by atoms with Gasteiger partial charge in [-0.05, 0) is 60.9 Å². The van der Waals surface area contributed by atoms with Gasteiger partial charge in [0.15, 0.2) is 0 Å². The van der Waals surface area contributed by atoms with Crippen LogP contribution in [0.4, 0.5) is 5.69 Å². The molecule has 0 atom stereocenters. The summed E-state index contributed by atoms with van der Waals surface area (Å²) in [5, 5.41) is 4.32. The first-order valence-electron chi connectivity index (χ1n) is 13.4. The van der Waals surface area contributed by atoms with Gasteiger partial charge in [0.05, 0.1) is 24.8 Å². The Morgan fingerprint density at radius 1 is 0.868 bits per heavy atom. The zero-order chi connectivity index (χ0) is 27.6. The van der Waals surface area contributed by atoms with E-state index in [2.05, 4.69) is 38.0 Å². The number of nitrogens with one attached hydrogen (secondary N) is 1. The fourth-order valence-electron chi connectivity index (χ4n) is 3.15. The van der Waals surface area contributed by atoms with Gasteiger partial charge in [-0.2, -0.15) is 0 Å². The largest absolute Gasteiger partial charge is 0.494 e. The van der Waals surface area contributed by atoms with Crippen LogP contribution in [0.15, 0.2) is 106 Å². The number of hydrogen-bond donors (Lipinski definition) is 1. The molecule has 0 aliphatic rings. The second kappa shape index (κ2) is 17.5. The van der Waals surface area contributed by atoms with Crippen molar-refractivity contribution >= 4 is 16.8 Å². The van der Waals surface area contributed by atoms with Crippen LogP contribution in [-0.2, 0) is 6.54 Å². The van der Waals surface area contributed by atoms with E-state index in [1.165, 1.54) is 0 Å². The predicted molar refractivity (Wildman–Crippen MR) is 160 cm³/mol. The average Bonchev–Trinajstić information content (AvgIpc) is 3.64. The summed E-state index contributed by atoms with van der Waals surface area (Å²) in [6, 6.07) is 27.7. The van der Waals surface area contributed by atoms with Crippen LogP contribution in [0.5, 0.6) is 5.75 Å². The molecule has 38 heavy (non-hydrogen) atoms. The van der Waals surface area contributed by atoms with Crippen molar-refractivity contribution in [3.8, 4) is 17.1 Å². The molecule has 5 aromatic rings. The van der Waals surface area contributed by atoms with E-state index in [0.717, 1.165) is 52.9 Å². The Bertz CT molecular complexity index is 1220. The first-order chi connectivity index (χ1) is 18.6. The Morgan fingerprint density at radius 2 is 1.50 bits per heavy atom. The van der Waals surface area contributed by atoms with Gasteiger partial charge in [0.1, 0.15) is 17.3 Å². The topological polar surface area (TPSA) is 60.4 Å². The lowest BCUT2D eigenvalue weighted by molar-refractivity contribution is 0.317. The smallest absolute Gasteiger partial charge is 0.228 e. The Labute approximate surface area is 227 Å². The monoisotopic (exact) mass is 514 g/mol. The summed E-state index contributed by atoms with van der Waals surface area (Å²) >= 11 is 0. The quantitative estimate of drug-likeness (QED) is 0.234. The number of furan rings is 2. The van der Waals surface area contributed by atoms with Crippen LogP contribution in [-0.4, -0.2) is 11.6 Å². The summed E-state index contributed by atoms with van der Waals surface area (Å²) in [7, 11) is 0. The highest BCUT2D eigenvalue weighted by Gasteiger charge is 2.11. The third kappa shape index (κ3) is 10.6. The summed E-state index contributed by atoms with van der Waals surface area (Å²) in [4.78, 5) is 4.34. The molecule has 0 saturated carbocycles. The molecule has 0 aliphatic carbocycles. The standard InChI is InChI=1S/C21H20N2O3.C6H6.C4H10.C2H6/c1-2-11-24-16-7-5-15(6-8-16)20-13-18-19(9-10-22-21(18)26-20)23-14-17-4-3-12-25-17;1-2-4-6-5-3-1;1-4(2)3;1-2/h3-10,12-13H,2,11,14H2,1H3,(H,22,23);1-6H;4H,1-3H3;1-2H3. The van der Waals surface area contributed by atoms with E-state index in [4.69, 9.17) is 13.6 Å². The van der Waals surface area contributed by atoms with Crippen molar-refractivity contribution in [2.75, 3.05) is 11.9 Å². The molecule has 0 bridgehead atoms. The molecule has 3 heterocycles. The van der Waals surface area contributed by atoms with Gasteiger partial charge in [-0.25, -0.2) is 4.98 Å². The van der Waals surface area contributed by atoms with E-state index >= 15 is 0 Å². The van der Waals surface area contributed by atoms with Gasteiger partial charge in [-0.15, -0.1) is 0 Å². The van der Waals surface area contributed by atoms with Gasteiger partial charge >= 0.3 is 0 Å². The Hall–Kier alpha value is -3.99. The van der Waals surface area contributed by atoms with Crippen LogP contribution >= 0.6 is 0 Å². The summed E-state index contributed by atoms with van der Waals surface area (Å²) in [6.07, 6.45) is 4.40. The highest BCUT2D eigenvalue weighted by atomic mass is 16.5. The van der Waals surface area contributed by atoms with E-state index in [1.807, 2.05) is 98.8 Å². The Balaban J connectivity index is 0.000000354. The van der Waals surface area contributed by atoms with Crippen LogP contribution in [0.2, 0.25) is 0 Å². The minimum Gasteiger partial charge on any atom is -0.494 e. The number of anilines is 1. The molecule has 0 amide bonds. The maximum atomic E-state index is 5.94. The Morgan fingerprint density at radius 3 is 2.05 bits per heavy atom. The van der Waals surface area contributed by atoms with Gasteiger partial charge in [0.2, 0.25) is 5.71 Å². The van der Waals surface area contributed by atoms with Crippen molar-refractivity contribution in [3.63, 3.8) is 0 Å². The van der Waals surface area contributed by atoms with Gasteiger partial charge in [0.25, 0.3) is 0 Å². The van der Waals surface area contributed by atoms with E-state index in [1.54, 1.807) is 12.5 Å². The molecule has 0 saturated heterocycles. The number of fused-ring (bicyclic) bond motifs is 1. The molecule has 1 N–H and O–H groups in total. The molecule has 0 radical (unpaired) electrons. The van der Waals surface area contributed by atoms with Crippen LogP contribution in [0.3, 0.4) is 0 Å². The fraction of sp³-hybridized carbons (Fsp3) is 0.303. The van der Waals surface area contributed by atoms with Gasteiger partial charge in [0, 0.05) is 17.4 Å². The molecule has 0 fully saturated rings. The lowest BCUT2D eigenvalue weighted by Gasteiger charge is -2.04. The summed E-state index contributed by atoms with van der Waals surface area (Å²) in [6.45, 7) is 13.9. The second-order valence-electron chi connectivity index (χ2n) is 8.88. The number of ether oxygens (including phenoxy) is 1. The zero-order valence-electron chi connectivity index (χ0n) is 23.6. The maximum Gasteiger partial charge on any atom is 0.228 e. The number of aromatic nitrogens is 1. The number of nitrogens with zero attached hydrogens (tertiary/aromatic N) is 1. The minimum absolute atomic E-state index is 0.607. The van der Waals surface area contributed by atoms with Crippen molar-refractivity contribution in [1.29, 1.82) is 0 Å². The van der Waals surface area contributed by atoms with Crippen molar-refractivity contribution in [1.82, 2.24) is 4.98 Å². The molecule has 5 nitrogen and oxygen atoms in total. The van der Waals surface area contributed by atoms with Crippen molar-refractivity contribution < 1.29 is 13.6 Å². The van der Waals surface area contributed by atoms with E-state index < -0.39 is 0 Å². The van der Waals surface area contributed by atoms with E-state index in [0.29, 0.717) is 12.3 Å². The average molecular weight is 515 g/mol. The fourth-order valence-corrected chi connectivity index (χ4v) is 3.15. The minimum atomic E-state index is 0.607. The molecule has 3 aromatic heterocycles. The third-order valence-electron chi connectivity index (χ3n) is 4.75. The molecule has 0 spiro atoms. The Kier molecular flexibility index (Phi) is 13.9. The molecule has 202 valence electrons. The highest BCUT2D eigenvalue weighted by molar-refractivity contribution is 5.91. The van der Waals surface area contributed by atoms with Gasteiger partial charge in [-0.3, -0.25) is 0 Å². The number of pyridine rings is 1. The first-order valence-corrected chi connectivity index (χ1v) is 13.4. The van der Waals surface area contributed by atoms with E-state index in [9.17, 15) is 0 Å². The lowest BCUT2D eigenvalue weighted by atomic mass is 10.1. The number of rotatable bonds is 7. The molecule has 5 rings (SSSR count). The van der Waals surface area contributed by atoms with Crippen molar-refractivity contribution in [3.05, 3.63) is 103 Å². The maximum absolute atomic E-state index is 5.94. The normalized spacial score (nSPS) is 9.87. The van der Waals surface area contributed by atoms with Crippen LogP contribution in [0.25, 0.3) is 22.4 Å². The van der Waals surface area contributed by atoms with Crippen LogP contribution < -0.4 is 10.1 Å². The zero-order valence-corrected chi connectivity index (χ0v) is 23.6. The van der Waals surface area contributed by atoms with Crippen LogP contribution in [0.1, 0.15) is 53.7 Å². The molecule has 0 unspecified atom stereocenters. The predicted octanol–water partition coefficient (Wildman–Crippen LogP) is 9.86. The lowest BCUT2D eigenvalue weighted by Crippen LogP contribution is -1.98. The molecule has 5 heteroatoms. The molecule has 2 aromatic carbocycles. The number of benzene rings is 2. The van der Waals surface area contributed by atoms with Gasteiger partial charge in [-0.1, -0.05) is 77.9 Å². The summed E-state index contributed by atoms with van der Waals surface area (Å²) in [5.41, 5.74) is 2.56. The molecular weight excluding hydrogens is 472 g/mol. The summed E-state index contributed by atoms with van der Waals surface area (Å²) in [5.74, 6) is 3.36. The van der Waals surface area contributed by atoms with Crippen molar-refractivity contribution in [2.24, 2.45) is 5.92 Å². The second-order valence-corrected chi connectivity index (χ2v) is 8.88. The first kappa shape index (κ1) is 30.2.